The second-order valence-electron chi connectivity index (χ2n) is 6.21. The van der Waals surface area contributed by atoms with Gasteiger partial charge in [0.25, 0.3) is 5.91 Å². The predicted octanol–water partition coefficient (Wildman–Crippen LogP) is 3.41. The third-order valence-corrected chi connectivity index (χ3v) is 4.53. The molecule has 1 amide bonds. The molecule has 5 heteroatoms. The van der Waals surface area contributed by atoms with E-state index in [0.717, 1.165) is 42.8 Å². The fourth-order valence-corrected chi connectivity index (χ4v) is 3.26. The quantitative estimate of drug-likeness (QED) is 0.727. The van der Waals surface area contributed by atoms with E-state index >= 15 is 0 Å². The van der Waals surface area contributed by atoms with Crippen LogP contribution >= 0.6 is 0 Å². The number of nitrogens with zero attached hydrogens (tertiary/aromatic N) is 4. The molecular formula is C19H20N4O. The number of likely N-dealkylation sites (tertiary alicyclic amines) is 1. The fourth-order valence-electron chi connectivity index (χ4n) is 3.26. The molecule has 3 heterocycles. The van der Waals surface area contributed by atoms with E-state index in [-0.39, 0.29) is 5.91 Å². The fraction of sp³-hybridized carbons (Fsp3) is 0.316. The summed E-state index contributed by atoms with van der Waals surface area (Å²) in [6.45, 7) is 1.66. The van der Waals surface area contributed by atoms with Crippen molar-refractivity contribution in [1.29, 1.82) is 0 Å². The largest absolute Gasteiger partial charge is 0.337 e. The minimum Gasteiger partial charge on any atom is -0.337 e. The van der Waals surface area contributed by atoms with Crippen molar-refractivity contribution in [2.75, 3.05) is 13.1 Å². The molecule has 0 bridgehead atoms. The van der Waals surface area contributed by atoms with Gasteiger partial charge in [-0.05, 0) is 12.8 Å². The Morgan fingerprint density at radius 2 is 1.75 bits per heavy atom. The van der Waals surface area contributed by atoms with Crippen LogP contribution in [0.4, 0.5) is 0 Å². The van der Waals surface area contributed by atoms with E-state index in [1.807, 2.05) is 52.0 Å². The maximum Gasteiger partial charge on any atom is 0.274 e. The molecule has 0 spiro atoms. The van der Waals surface area contributed by atoms with Gasteiger partial charge in [-0.3, -0.25) is 9.78 Å². The Hall–Kier alpha value is -2.69. The van der Waals surface area contributed by atoms with Crippen LogP contribution in [-0.4, -0.2) is 38.3 Å². The lowest BCUT2D eigenvalue weighted by Gasteiger charge is -2.18. The van der Waals surface area contributed by atoms with Crippen LogP contribution in [0.1, 0.15) is 36.2 Å². The molecule has 2 aromatic heterocycles. The molecule has 0 atom stereocenters. The van der Waals surface area contributed by atoms with E-state index in [1.54, 1.807) is 6.20 Å². The standard InChI is InChI=1S/C19H20N4O/c24-19(22-11-6-1-2-7-12-22)16-14-23-13-10-20-17(18(23)21-16)15-8-4-3-5-9-15/h3-5,8-10,13-14H,1-2,6-7,11-12H2. The smallest absolute Gasteiger partial charge is 0.274 e. The molecular weight excluding hydrogens is 300 g/mol. The highest BCUT2D eigenvalue weighted by molar-refractivity contribution is 5.93. The Kier molecular flexibility index (Phi) is 3.99. The molecule has 0 unspecified atom stereocenters. The van der Waals surface area contributed by atoms with Crippen molar-refractivity contribution >= 4 is 11.6 Å². The number of carbonyl (C=O) groups is 1. The van der Waals surface area contributed by atoms with E-state index < -0.39 is 0 Å². The number of benzene rings is 1. The van der Waals surface area contributed by atoms with Gasteiger partial charge >= 0.3 is 0 Å². The van der Waals surface area contributed by atoms with Gasteiger partial charge in [0.1, 0.15) is 11.4 Å². The molecule has 1 fully saturated rings. The third-order valence-electron chi connectivity index (χ3n) is 4.53. The summed E-state index contributed by atoms with van der Waals surface area (Å²) in [5, 5.41) is 0. The van der Waals surface area contributed by atoms with Crippen LogP contribution in [0.2, 0.25) is 0 Å². The monoisotopic (exact) mass is 320 g/mol. The lowest BCUT2D eigenvalue weighted by molar-refractivity contribution is 0.0756. The summed E-state index contributed by atoms with van der Waals surface area (Å²) in [5.74, 6) is 0.0274. The predicted molar refractivity (Wildman–Crippen MR) is 92.8 cm³/mol. The molecule has 1 aromatic carbocycles. The lowest BCUT2D eigenvalue weighted by Crippen LogP contribution is -2.32. The van der Waals surface area contributed by atoms with E-state index in [0.29, 0.717) is 5.69 Å². The number of fused-ring (bicyclic) bond motifs is 1. The second kappa shape index (κ2) is 6.43. The van der Waals surface area contributed by atoms with Crippen LogP contribution in [0.5, 0.6) is 0 Å². The Labute approximate surface area is 141 Å². The molecule has 122 valence electrons. The van der Waals surface area contributed by atoms with Gasteiger partial charge in [-0.25, -0.2) is 4.98 Å². The van der Waals surface area contributed by atoms with Gasteiger partial charge in [-0.1, -0.05) is 43.2 Å². The van der Waals surface area contributed by atoms with Crippen molar-refractivity contribution in [1.82, 2.24) is 19.3 Å². The molecule has 4 rings (SSSR count). The molecule has 0 N–H and O–H groups in total. The molecule has 5 nitrogen and oxygen atoms in total. The first kappa shape index (κ1) is 14.9. The highest BCUT2D eigenvalue weighted by Crippen LogP contribution is 2.22. The number of amides is 1. The summed E-state index contributed by atoms with van der Waals surface area (Å²) in [7, 11) is 0. The average Bonchev–Trinajstić information content (AvgIpc) is 2.88. The SMILES string of the molecule is O=C(c1cn2ccnc(-c3ccccc3)c2n1)N1CCCCCC1. The van der Waals surface area contributed by atoms with Crippen molar-refractivity contribution in [3.63, 3.8) is 0 Å². The van der Waals surface area contributed by atoms with Gasteiger partial charge in [0.05, 0.1) is 0 Å². The summed E-state index contributed by atoms with van der Waals surface area (Å²) >= 11 is 0. The van der Waals surface area contributed by atoms with Gasteiger partial charge in [-0.15, -0.1) is 0 Å². The van der Waals surface area contributed by atoms with Crippen LogP contribution in [0, 0.1) is 0 Å². The first-order valence-corrected chi connectivity index (χ1v) is 8.51. The van der Waals surface area contributed by atoms with Crippen LogP contribution in [0.3, 0.4) is 0 Å². The van der Waals surface area contributed by atoms with E-state index in [2.05, 4.69) is 9.97 Å². The highest BCUT2D eigenvalue weighted by Gasteiger charge is 2.21. The van der Waals surface area contributed by atoms with Gasteiger partial charge < -0.3 is 9.30 Å². The van der Waals surface area contributed by atoms with Crippen LogP contribution in [0.15, 0.2) is 48.9 Å². The maximum absolute atomic E-state index is 12.8. The Morgan fingerprint density at radius 1 is 1.00 bits per heavy atom. The van der Waals surface area contributed by atoms with Gasteiger partial charge in [0, 0.05) is 37.2 Å². The zero-order chi connectivity index (χ0) is 16.4. The second-order valence-corrected chi connectivity index (χ2v) is 6.21. The zero-order valence-corrected chi connectivity index (χ0v) is 13.6. The molecule has 24 heavy (non-hydrogen) atoms. The van der Waals surface area contributed by atoms with E-state index in [1.165, 1.54) is 12.8 Å². The van der Waals surface area contributed by atoms with Crippen LogP contribution < -0.4 is 0 Å². The van der Waals surface area contributed by atoms with Crippen molar-refractivity contribution in [3.05, 3.63) is 54.6 Å². The summed E-state index contributed by atoms with van der Waals surface area (Å²) in [6, 6.07) is 9.95. The minimum atomic E-state index is 0.0274. The Morgan fingerprint density at radius 3 is 2.50 bits per heavy atom. The number of imidazole rings is 1. The number of carbonyl (C=O) groups excluding carboxylic acids is 1. The highest BCUT2D eigenvalue weighted by atomic mass is 16.2. The summed E-state index contributed by atoms with van der Waals surface area (Å²) in [4.78, 5) is 23.8. The normalized spacial score (nSPS) is 15.4. The van der Waals surface area contributed by atoms with E-state index in [9.17, 15) is 4.79 Å². The first-order chi connectivity index (χ1) is 11.8. The summed E-state index contributed by atoms with van der Waals surface area (Å²) < 4.78 is 1.89. The minimum absolute atomic E-state index is 0.0274. The van der Waals surface area contributed by atoms with Gasteiger partial charge in [-0.2, -0.15) is 0 Å². The van der Waals surface area contributed by atoms with Gasteiger partial charge in [0.15, 0.2) is 5.65 Å². The number of aromatic nitrogens is 3. The lowest BCUT2D eigenvalue weighted by atomic mass is 10.1. The topological polar surface area (TPSA) is 50.5 Å². The molecule has 0 saturated carbocycles. The van der Waals surface area contributed by atoms with Crippen molar-refractivity contribution in [3.8, 4) is 11.3 Å². The molecule has 0 aliphatic carbocycles. The van der Waals surface area contributed by atoms with Crippen molar-refractivity contribution in [2.24, 2.45) is 0 Å². The number of rotatable bonds is 2. The first-order valence-electron chi connectivity index (χ1n) is 8.51. The Balaban J connectivity index is 1.72. The van der Waals surface area contributed by atoms with E-state index in [4.69, 9.17) is 0 Å². The average molecular weight is 320 g/mol. The number of hydrogen-bond acceptors (Lipinski definition) is 3. The number of hydrogen-bond donors (Lipinski definition) is 0. The summed E-state index contributed by atoms with van der Waals surface area (Å²) in [5.41, 5.74) is 3.03. The molecule has 1 saturated heterocycles. The van der Waals surface area contributed by atoms with Gasteiger partial charge in [0.2, 0.25) is 0 Å². The Bertz CT molecular complexity index is 848. The summed E-state index contributed by atoms with van der Waals surface area (Å²) in [6.07, 6.45) is 9.97. The molecule has 1 aliphatic rings. The van der Waals surface area contributed by atoms with Crippen molar-refractivity contribution in [2.45, 2.75) is 25.7 Å². The zero-order valence-electron chi connectivity index (χ0n) is 13.6. The van der Waals surface area contributed by atoms with Crippen LogP contribution in [-0.2, 0) is 0 Å². The van der Waals surface area contributed by atoms with Crippen LogP contribution in [0.25, 0.3) is 16.9 Å². The van der Waals surface area contributed by atoms with Crippen molar-refractivity contribution < 1.29 is 4.79 Å². The molecule has 0 radical (unpaired) electrons. The maximum atomic E-state index is 12.8. The molecule has 1 aliphatic heterocycles. The third kappa shape index (κ3) is 2.77. The molecule has 3 aromatic rings.